The van der Waals surface area contributed by atoms with Gasteiger partial charge in [0.15, 0.2) is 11.6 Å². The van der Waals surface area contributed by atoms with Gasteiger partial charge in [-0.3, -0.25) is 24.1 Å². The molecule has 69 heavy (non-hydrogen) atoms. The number of amides is 2. The van der Waals surface area contributed by atoms with Gasteiger partial charge in [0.1, 0.15) is 0 Å². The van der Waals surface area contributed by atoms with Gasteiger partial charge < -0.3 is 19.9 Å². The highest BCUT2D eigenvalue weighted by Crippen LogP contribution is 2.44. The number of ketones is 2. The summed E-state index contributed by atoms with van der Waals surface area (Å²) in [6.45, 7) is 24.5. The van der Waals surface area contributed by atoms with E-state index >= 15 is 0 Å². The van der Waals surface area contributed by atoms with Crippen LogP contribution in [0.1, 0.15) is 162 Å². The Morgan fingerprint density at radius 3 is 1.61 bits per heavy atom. The van der Waals surface area contributed by atoms with Crippen molar-refractivity contribution < 1.29 is 23.9 Å². The molecule has 0 bridgehead atoms. The second-order valence-electron chi connectivity index (χ2n) is 20.9. The third-order valence-corrected chi connectivity index (χ3v) is 19.0. The summed E-state index contributed by atoms with van der Waals surface area (Å²) in [7, 11) is 1.66. The van der Waals surface area contributed by atoms with Crippen molar-refractivity contribution in [3.63, 3.8) is 0 Å². The molecule has 1 N–H and O–H groups in total. The zero-order chi connectivity index (χ0) is 49.1. The number of pyridine rings is 1. The van der Waals surface area contributed by atoms with Gasteiger partial charge in [-0.15, -0.1) is 22.7 Å². The van der Waals surface area contributed by atoms with Crippen LogP contribution >= 0.6 is 22.7 Å². The molecule has 0 spiro atoms. The number of rotatable bonds is 11. The number of nitrogens with zero attached hydrogens (tertiary/aromatic N) is 4. The zero-order valence-electron chi connectivity index (χ0n) is 42.8. The van der Waals surface area contributed by atoms with Crippen LogP contribution in [0.25, 0.3) is 0 Å². The number of allylic oxidation sites excluding steroid dienone is 6. The quantitative estimate of drug-likeness (QED) is 0.202. The molecular weight excluding hydrogens is 899 g/mol. The maximum Gasteiger partial charge on any atom is 0.255 e. The van der Waals surface area contributed by atoms with E-state index in [1.54, 1.807) is 7.11 Å². The summed E-state index contributed by atoms with van der Waals surface area (Å²) in [4.78, 5) is 69.0. The molecule has 0 radical (unpaired) electrons. The van der Waals surface area contributed by atoms with Crippen LogP contribution in [0.5, 0.6) is 5.88 Å². The number of nitrogens with one attached hydrogen (secondary N) is 1. The van der Waals surface area contributed by atoms with Gasteiger partial charge >= 0.3 is 0 Å². The Labute approximate surface area is 419 Å². The van der Waals surface area contributed by atoms with Crippen molar-refractivity contribution in [2.75, 3.05) is 59.5 Å². The van der Waals surface area contributed by atoms with E-state index in [0.717, 1.165) is 128 Å². The van der Waals surface area contributed by atoms with Crippen LogP contribution < -0.4 is 10.1 Å². The number of carbonyl (C=O) groups is 4. The molecule has 2 amide bonds. The van der Waals surface area contributed by atoms with Gasteiger partial charge in [-0.2, -0.15) is 0 Å². The number of fused-ring (bicyclic) bond motifs is 2. The second-order valence-corrected chi connectivity index (χ2v) is 23.2. The molecule has 370 valence electrons. The van der Waals surface area contributed by atoms with E-state index < -0.39 is 0 Å². The molecule has 0 aromatic carbocycles. The lowest BCUT2D eigenvalue weighted by molar-refractivity contribution is -0.116. The van der Waals surface area contributed by atoms with Gasteiger partial charge in [0.05, 0.1) is 23.9 Å². The van der Waals surface area contributed by atoms with Crippen LogP contribution in [0.15, 0.2) is 63.8 Å². The van der Waals surface area contributed by atoms with Crippen LogP contribution in [-0.4, -0.2) is 103 Å². The summed E-state index contributed by atoms with van der Waals surface area (Å²) in [6, 6.07) is 5.96. The van der Waals surface area contributed by atoms with E-state index in [-0.39, 0.29) is 23.4 Å². The fourth-order valence-corrected chi connectivity index (χ4v) is 14.9. The summed E-state index contributed by atoms with van der Waals surface area (Å²) in [5.41, 5.74) is 11.1. The Hall–Kier alpha value is -4.49. The van der Waals surface area contributed by atoms with Crippen LogP contribution in [0, 0.1) is 25.7 Å². The highest BCUT2D eigenvalue weighted by Gasteiger charge is 2.35. The Balaban J connectivity index is 0.000000192. The van der Waals surface area contributed by atoms with Crippen LogP contribution in [0.2, 0.25) is 0 Å². The van der Waals surface area contributed by atoms with Crippen molar-refractivity contribution in [3.8, 4) is 5.88 Å². The van der Waals surface area contributed by atoms with Gasteiger partial charge in [-0.25, -0.2) is 4.98 Å². The third-order valence-electron chi connectivity index (χ3n) is 15.9. The zero-order valence-corrected chi connectivity index (χ0v) is 44.4. The van der Waals surface area contributed by atoms with E-state index in [1.807, 2.05) is 72.3 Å². The first-order valence-electron chi connectivity index (χ1n) is 25.7. The van der Waals surface area contributed by atoms with Gasteiger partial charge in [-0.05, 0) is 171 Å². The van der Waals surface area contributed by atoms with Crippen LogP contribution in [-0.2, 0) is 29.0 Å². The summed E-state index contributed by atoms with van der Waals surface area (Å²) >= 11 is 3.74. The molecule has 2 atom stereocenters. The van der Waals surface area contributed by atoms with Crippen molar-refractivity contribution in [3.05, 3.63) is 111 Å². The largest absolute Gasteiger partial charge is 0.481 e. The Morgan fingerprint density at radius 2 is 1.14 bits per heavy atom. The number of Topliss-reactive ketones (excluding diaryl/α,β-unsaturated/α-hetero) is 2. The number of aryl methyl sites for hydroxylation is 2. The standard InChI is InChI=1S/C32H41N3O3S.C25H34N2O2S/c1-20-16-21(2)26(27(36)17-20)19-35-13-7-9-28-30(32(35)37)23(4)31(39-28)22(3)24-11-14-34(15-12-24)18-25-8-6-10-29(33-25)38-5;1-15-12-16(2)20(21(28)13-15)14-27-11-5-6-22-23(25(27)29)18(4)24(30-22)17(3)19-7-9-26-10-8-19/h6,8,10,16,22,24H,7,9,11-15,17-19H2,1-5H3;12,17,19,26H,5-11,13-14H2,1-4H3/t22-;17-/m11/s1. The smallest absolute Gasteiger partial charge is 0.255 e. The molecule has 3 aromatic rings. The van der Waals surface area contributed by atoms with E-state index in [1.165, 1.54) is 43.5 Å². The molecule has 6 aliphatic rings. The Kier molecular flexibility index (Phi) is 16.4. The van der Waals surface area contributed by atoms with Crippen molar-refractivity contribution in [2.45, 2.75) is 138 Å². The number of ether oxygens (including phenoxy) is 1. The topological polar surface area (TPSA) is 112 Å². The molecule has 12 heteroatoms. The first-order chi connectivity index (χ1) is 33.1. The lowest BCUT2D eigenvalue weighted by atomic mass is 9.83. The lowest BCUT2D eigenvalue weighted by Crippen LogP contribution is -2.35. The Bertz CT molecular complexity index is 2580. The molecule has 9 rings (SSSR count). The summed E-state index contributed by atoms with van der Waals surface area (Å²) < 4.78 is 5.29. The molecule has 0 unspecified atom stereocenters. The minimum atomic E-state index is 0.106. The molecule has 2 saturated heterocycles. The van der Waals surface area contributed by atoms with E-state index in [0.29, 0.717) is 62.0 Å². The van der Waals surface area contributed by atoms with Crippen LogP contribution in [0.3, 0.4) is 0 Å². The van der Waals surface area contributed by atoms with Crippen molar-refractivity contribution in [1.82, 2.24) is 25.0 Å². The predicted octanol–water partition coefficient (Wildman–Crippen LogP) is 10.9. The summed E-state index contributed by atoms with van der Waals surface area (Å²) in [6.07, 6.45) is 13.7. The molecule has 2 fully saturated rings. The number of methoxy groups -OCH3 is 1. The molecule has 0 saturated carbocycles. The fourth-order valence-electron chi connectivity index (χ4n) is 11.9. The number of likely N-dealkylation sites (tertiary alicyclic amines) is 1. The molecule has 3 aromatic heterocycles. The minimum absolute atomic E-state index is 0.106. The molecule has 7 heterocycles. The maximum atomic E-state index is 13.8. The summed E-state index contributed by atoms with van der Waals surface area (Å²) in [5.74, 6) is 3.47. The average molecular weight is 974 g/mol. The number of piperidine rings is 2. The highest BCUT2D eigenvalue weighted by atomic mass is 32.1. The second kappa shape index (κ2) is 22.3. The number of aromatic nitrogens is 1. The predicted molar refractivity (Wildman–Crippen MR) is 280 cm³/mol. The fraction of sp³-hybridized carbons (Fsp3) is 0.561. The molecular formula is C57H75N5O5S2. The number of thiophene rings is 2. The van der Waals surface area contributed by atoms with Gasteiger partial charge in [0, 0.05) is 82.3 Å². The van der Waals surface area contributed by atoms with E-state index in [2.05, 4.69) is 61.1 Å². The summed E-state index contributed by atoms with van der Waals surface area (Å²) in [5, 5.41) is 3.46. The van der Waals surface area contributed by atoms with E-state index in [9.17, 15) is 19.2 Å². The lowest BCUT2D eigenvalue weighted by Gasteiger charge is -2.34. The maximum absolute atomic E-state index is 13.8. The molecule has 4 aliphatic heterocycles. The normalized spacial score (nSPS) is 21.0. The minimum Gasteiger partial charge on any atom is -0.481 e. The first kappa shape index (κ1) is 50.9. The number of hydrogen-bond donors (Lipinski definition) is 1. The average Bonchev–Trinajstić information content (AvgIpc) is 3.72. The van der Waals surface area contributed by atoms with E-state index in [4.69, 9.17) is 4.74 Å². The monoisotopic (exact) mass is 974 g/mol. The third kappa shape index (κ3) is 11.3. The molecule has 2 aliphatic carbocycles. The number of hydrogen-bond acceptors (Lipinski definition) is 10. The molecule has 10 nitrogen and oxygen atoms in total. The van der Waals surface area contributed by atoms with Gasteiger partial charge in [0.2, 0.25) is 5.88 Å². The Morgan fingerprint density at radius 1 is 0.667 bits per heavy atom. The van der Waals surface area contributed by atoms with Crippen molar-refractivity contribution in [2.24, 2.45) is 11.8 Å². The first-order valence-corrected chi connectivity index (χ1v) is 27.3. The van der Waals surface area contributed by atoms with Crippen molar-refractivity contribution in [1.29, 1.82) is 0 Å². The van der Waals surface area contributed by atoms with Crippen LogP contribution in [0.4, 0.5) is 0 Å². The number of carbonyl (C=O) groups excluding carboxylic acids is 4. The van der Waals surface area contributed by atoms with Gasteiger partial charge in [0.25, 0.3) is 11.8 Å². The van der Waals surface area contributed by atoms with Crippen molar-refractivity contribution >= 4 is 46.1 Å². The SMILES string of the molecule is CC1=CC(C)=C(CN2CCCc3sc([C@H](C)C4CCNCC4)c(C)c3C2=O)C(=O)C1.COc1cccc(CN2CCC([C@@H](C)c3sc4c(c3C)C(=O)N(CC3=C(C)C=C(C)CC3=O)CCC4)CC2)n1. The highest BCUT2D eigenvalue weighted by molar-refractivity contribution is 7.13. The van der Waals surface area contributed by atoms with Gasteiger partial charge in [-0.1, -0.05) is 43.2 Å².